The van der Waals surface area contributed by atoms with Gasteiger partial charge in [-0.1, -0.05) is 0 Å². The van der Waals surface area contributed by atoms with Crippen LogP contribution in [-0.4, -0.2) is 22.2 Å². The van der Waals surface area contributed by atoms with Crippen molar-refractivity contribution in [1.29, 1.82) is 0 Å². The lowest BCUT2D eigenvalue weighted by Crippen LogP contribution is -2.19. The first kappa shape index (κ1) is 9.44. The summed E-state index contributed by atoms with van der Waals surface area (Å²) in [5.41, 5.74) is 0. The molecule has 0 atom stereocenters. The number of rotatable bonds is 2. The largest absolute Gasteiger partial charge is 0.408 e. The van der Waals surface area contributed by atoms with Crippen molar-refractivity contribution in [2.45, 2.75) is 17.7 Å². The molecule has 0 saturated carbocycles. The van der Waals surface area contributed by atoms with Gasteiger partial charge in [-0.15, -0.1) is 11.8 Å². The first-order valence-electron chi connectivity index (χ1n) is 3.15. The van der Waals surface area contributed by atoms with Crippen molar-refractivity contribution in [2.75, 3.05) is 6.26 Å². The quantitative estimate of drug-likeness (QED) is 0.674. The molecule has 0 unspecified atom stereocenters. The lowest BCUT2D eigenvalue weighted by molar-refractivity contribution is -0.144. The standard InChI is InChI=1S/C6H7F3N2S/c1-12-5-2-3-10-11(5)4-6(7,8)9/h2-3H,4H2,1H3. The van der Waals surface area contributed by atoms with Crippen LogP contribution in [0.4, 0.5) is 13.2 Å². The molecule has 2 nitrogen and oxygen atoms in total. The van der Waals surface area contributed by atoms with Gasteiger partial charge in [0.05, 0.1) is 11.2 Å². The Morgan fingerprint density at radius 3 is 2.75 bits per heavy atom. The monoisotopic (exact) mass is 196 g/mol. The fourth-order valence-corrected chi connectivity index (χ4v) is 1.30. The molecule has 0 saturated heterocycles. The Hall–Kier alpha value is -0.650. The van der Waals surface area contributed by atoms with Crippen LogP contribution in [0, 0.1) is 0 Å². The Kier molecular flexibility index (Phi) is 2.66. The summed E-state index contributed by atoms with van der Waals surface area (Å²) in [6.07, 6.45) is -1.13. The van der Waals surface area contributed by atoms with Crippen LogP contribution in [0.25, 0.3) is 0 Å². The van der Waals surface area contributed by atoms with Crippen molar-refractivity contribution in [3.63, 3.8) is 0 Å². The summed E-state index contributed by atoms with van der Waals surface area (Å²) in [6, 6.07) is 1.55. The fraction of sp³-hybridized carbons (Fsp3) is 0.500. The second kappa shape index (κ2) is 3.38. The zero-order valence-electron chi connectivity index (χ0n) is 6.30. The minimum absolute atomic E-state index is 0.521. The smallest absolute Gasteiger partial charge is 0.250 e. The lowest BCUT2D eigenvalue weighted by atomic mass is 10.6. The Morgan fingerprint density at radius 2 is 2.25 bits per heavy atom. The van der Waals surface area contributed by atoms with Gasteiger partial charge < -0.3 is 0 Å². The summed E-state index contributed by atoms with van der Waals surface area (Å²) < 4.78 is 36.5. The van der Waals surface area contributed by atoms with Crippen molar-refractivity contribution in [1.82, 2.24) is 9.78 Å². The molecule has 1 aromatic heterocycles. The van der Waals surface area contributed by atoms with Crippen LogP contribution in [0.15, 0.2) is 17.3 Å². The summed E-state index contributed by atoms with van der Waals surface area (Å²) in [6.45, 7) is -1.02. The summed E-state index contributed by atoms with van der Waals surface area (Å²) in [5.74, 6) is 0. The molecule has 12 heavy (non-hydrogen) atoms. The van der Waals surface area contributed by atoms with Gasteiger partial charge in [-0.25, -0.2) is 4.68 Å². The Morgan fingerprint density at radius 1 is 1.58 bits per heavy atom. The maximum atomic E-state index is 11.9. The molecular formula is C6H7F3N2S. The highest BCUT2D eigenvalue weighted by molar-refractivity contribution is 7.98. The Labute approximate surface area is 71.8 Å². The molecule has 68 valence electrons. The number of halogens is 3. The highest BCUT2D eigenvalue weighted by Crippen LogP contribution is 2.21. The third-order valence-electron chi connectivity index (χ3n) is 1.22. The molecule has 0 aliphatic rings. The van der Waals surface area contributed by atoms with E-state index >= 15 is 0 Å². The highest BCUT2D eigenvalue weighted by atomic mass is 32.2. The number of aromatic nitrogens is 2. The summed E-state index contributed by atoms with van der Waals surface area (Å²) >= 11 is 1.24. The molecule has 0 radical (unpaired) electrons. The van der Waals surface area contributed by atoms with Gasteiger partial charge in [-0.2, -0.15) is 18.3 Å². The van der Waals surface area contributed by atoms with E-state index in [4.69, 9.17) is 0 Å². The van der Waals surface area contributed by atoms with Crippen molar-refractivity contribution in [2.24, 2.45) is 0 Å². The van der Waals surface area contributed by atoms with Gasteiger partial charge in [0.2, 0.25) is 0 Å². The number of nitrogens with zero attached hydrogens (tertiary/aromatic N) is 2. The van der Waals surface area contributed by atoms with E-state index in [-0.39, 0.29) is 0 Å². The van der Waals surface area contributed by atoms with E-state index in [2.05, 4.69) is 5.10 Å². The summed E-state index contributed by atoms with van der Waals surface area (Å²) in [7, 11) is 0. The van der Waals surface area contributed by atoms with Gasteiger partial charge in [0.1, 0.15) is 6.54 Å². The van der Waals surface area contributed by atoms with E-state index < -0.39 is 12.7 Å². The molecule has 1 aromatic rings. The van der Waals surface area contributed by atoms with E-state index in [0.29, 0.717) is 5.03 Å². The van der Waals surface area contributed by atoms with Crippen LogP contribution in [0.3, 0.4) is 0 Å². The predicted molar refractivity (Wildman–Crippen MR) is 40.1 cm³/mol. The molecule has 6 heteroatoms. The highest BCUT2D eigenvalue weighted by Gasteiger charge is 2.29. The van der Waals surface area contributed by atoms with Crippen molar-refractivity contribution >= 4 is 11.8 Å². The van der Waals surface area contributed by atoms with Crippen LogP contribution in [-0.2, 0) is 6.54 Å². The summed E-state index contributed by atoms with van der Waals surface area (Å²) in [4.78, 5) is 0. The van der Waals surface area contributed by atoms with Crippen molar-refractivity contribution < 1.29 is 13.2 Å². The molecule has 1 rings (SSSR count). The van der Waals surface area contributed by atoms with Gasteiger partial charge in [0.25, 0.3) is 0 Å². The van der Waals surface area contributed by atoms with Crippen LogP contribution in [0.2, 0.25) is 0 Å². The predicted octanol–water partition coefficient (Wildman–Crippen LogP) is 2.17. The van der Waals surface area contributed by atoms with E-state index in [9.17, 15) is 13.2 Å². The van der Waals surface area contributed by atoms with Crippen LogP contribution >= 0.6 is 11.8 Å². The first-order valence-corrected chi connectivity index (χ1v) is 4.38. The molecule has 0 spiro atoms. The van der Waals surface area contributed by atoms with E-state index in [1.54, 1.807) is 12.3 Å². The van der Waals surface area contributed by atoms with Gasteiger partial charge in [-0.05, 0) is 12.3 Å². The van der Waals surface area contributed by atoms with Gasteiger partial charge in [0, 0.05) is 0 Å². The Bertz CT molecular complexity index is 256. The van der Waals surface area contributed by atoms with E-state index in [1.165, 1.54) is 18.0 Å². The second-order valence-corrected chi connectivity index (χ2v) is 2.97. The third kappa shape index (κ3) is 2.44. The van der Waals surface area contributed by atoms with Crippen LogP contribution in [0.1, 0.15) is 0 Å². The molecule has 0 N–H and O–H groups in total. The average molecular weight is 196 g/mol. The molecule has 0 amide bonds. The van der Waals surface area contributed by atoms with Gasteiger partial charge >= 0.3 is 6.18 Å². The molecular weight excluding hydrogens is 189 g/mol. The topological polar surface area (TPSA) is 17.8 Å². The number of hydrogen-bond acceptors (Lipinski definition) is 2. The van der Waals surface area contributed by atoms with Gasteiger partial charge in [-0.3, -0.25) is 0 Å². The SMILES string of the molecule is CSc1ccnn1CC(F)(F)F. The van der Waals surface area contributed by atoms with E-state index in [0.717, 1.165) is 4.68 Å². The zero-order valence-corrected chi connectivity index (χ0v) is 7.11. The molecule has 0 aliphatic heterocycles. The van der Waals surface area contributed by atoms with Crippen molar-refractivity contribution in [3.8, 4) is 0 Å². The lowest BCUT2D eigenvalue weighted by Gasteiger charge is -2.08. The van der Waals surface area contributed by atoms with Crippen LogP contribution in [0.5, 0.6) is 0 Å². The second-order valence-electron chi connectivity index (χ2n) is 2.15. The molecule has 0 bridgehead atoms. The van der Waals surface area contributed by atoms with Crippen molar-refractivity contribution in [3.05, 3.63) is 12.3 Å². The molecule has 1 heterocycles. The first-order chi connectivity index (χ1) is 5.53. The maximum absolute atomic E-state index is 11.9. The average Bonchev–Trinajstić information content (AvgIpc) is 2.31. The Balaban J connectivity index is 2.75. The molecule has 0 aliphatic carbocycles. The van der Waals surface area contributed by atoms with E-state index in [1.807, 2.05) is 0 Å². The fourth-order valence-electron chi connectivity index (χ4n) is 0.782. The van der Waals surface area contributed by atoms with Crippen LogP contribution < -0.4 is 0 Å². The number of hydrogen-bond donors (Lipinski definition) is 0. The zero-order chi connectivity index (χ0) is 9.19. The third-order valence-corrected chi connectivity index (χ3v) is 1.98. The minimum Gasteiger partial charge on any atom is -0.250 e. The van der Waals surface area contributed by atoms with Gasteiger partial charge in [0.15, 0.2) is 0 Å². The maximum Gasteiger partial charge on any atom is 0.408 e. The summed E-state index contributed by atoms with van der Waals surface area (Å²) in [5, 5.41) is 4.07. The molecule has 0 fully saturated rings. The minimum atomic E-state index is -4.20. The number of alkyl halides is 3. The number of thioether (sulfide) groups is 1. The molecule has 0 aromatic carbocycles. The normalized spacial score (nSPS) is 12.0.